The predicted molar refractivity (Wildman–Crippen MR) is 86.8 cm³/mol. The Morgan fingerprint density at radius 2 is 1.68 bits per heavy atom. The maximum atomic E-state index is 10.5. The minimum atomic E-state index is -0.751. The topological polar surface area (TPSA) is 20.2 Å². The van der Waals surface area contributed by atoms with Crippen LogP contribution in [0, 0.1) is 13.8 Å². The third-order valence-corrected chi connectivity index (χ3v) is 4.89. The van der Waals surface area contributed by atoms with Crippen LogP contribution >= 0.6 is 43.5 Å². The van der Waals surface area contributed by atoms with Gasteiger partial charge in [0.05, 0.1) is 0 Å². The molecule has 2 rings (SSSR count). The number of halogens is 3. The highest BCUT2D eigenvalue weighted by Gasteiger charge is 2.17. The third-order valence-electron chi connectivity index (χ3n) is 3.02. The average molecular weight is 405 g/mol. The van der Waals surface area contributed by atoms with Gasteiger partial charge in [0.25, 0.3) is 0 Å². The van der Waals surface area contributed by atoms with E-state index in [-0.39, 0.29) is 0 Å². The van der Waals surface area contributed by atoms with Crippen molar-refractivity contribution >= 4 is 43.5 Å². The van der Waals surface area contributed by atoms with Crippen molar-refractivity contribution in [2.24, 2.45) is 0 Å². The van der Waals surface area contributed by atoms with E-state index < -0.39 is 6.10 Å². The highest BCUT2D eigenvalue weighted by Crippen LogP contribution is 2.35. The molecule has 0 heterocycles. The minimum absolute atomic E-state index is 0.580. The molecular weight excluding hydrogens is 391 g/mol. The SMILES string of the molecule is Cc1ccc(C(O)c2cc(Br)c(C)cc2Br)c(Cl)c1. The van der Waals surface area contributed by atoms with E-state index in [9.17, 15) is 5.11 Å². The highest BCUT2D eigenvalue weighted by atomic mass is 79.9. The van der Waals surface area contributed by atoms with Crippen molar-refractivity contribution in [3.8, 4) is 0 Å². The monoisotopic (exact) mass is 402 g/mol. The number of benzene rings is 2. The normalized spacial score (nSPS) is 12.5. The Hall–Kier alpha value is -0.350. The van der Waals surface area contributed by atoms with E-state index in [0.717, 1.165) is 25.6 Å². The largest absolute Gasteiger partial charge is 0.384 e. The molecule has 0 aromatic heterocycles. The summed E-state index contributed by atoms with van der Waals surface area (Å²) in [4.78, 5) is 0. The van der Waals surface area contributed by atoms with Crippen LogP contribution in [0.15, 0.2) is 39.3 Å². The molecule has 1 unspecified atom stereocenters. The van der Waals surface area contributed by atoms with Crippen molar-refractivity contribution in [3.05, 3.63) is 66.6 Å². The smallest absolute Gasteiger partial charge is 0.107 e. The van der Waals surface area contributed by atoms with Crippen molar-refractivity contribution in [2.75, 3.05) is 0 Å². The molecule has 2 aromatic carbocycles. The van der Waals surface area contributed by atoms with Crippen molar-refractivity contribution < 1.29 is 5.11 Å². The zero-order valence-corrected chi connectivity index (χ0v) is 14.5. The summed E-state index contributed by atoms with van der Waals surface area (Å²) in [5.74, 6) is 0. The first kappa shape index (κ1) is 15.0. The van der Waals surface area contributed by atoms with Crippen LogP contribution in [0.4, 0.5) is 0 Å². The Balaban J connectivity index is 2.49. The molecule has 0 amide bonds. The molecule has 1 nitrogen and oxygen atoms in total. The molecule has 0 radical (unpaired) electrons. The Kier molecular flexibility index (Phi) is 4.72. The number of hydrogen-bond acceptors (Lipinski definition) is 1. The van der Waals surface area contributed by atoms with Gasteiger partial charge in [-0.3, -0.25) is 0 Å². The van der Waals surface area contributed by atoms with Gasteiger partial charge in [0.1, 0.15) is 6.10 Å². The van der Waals surface area contributed by atoms with Crippen LogP contribution in [0.5, 0.6) is 0 Å². The van der Waals surface area contributed by atoms with Crippen molar-refractivity contribution in [1.82, 2.24) is 0 Å². The summed E-state index contributed by atoms with van der Waals surface area (Å²) in [5, 5.41) is 11.1. The Morgan fingerprint density at radius 1 is 1.00 bits per heavy atom. The van der Waals surface area contributed by atoms with Gasteiger partial charge in [0.15, 0.2) is 0 Å². The van der Waals surface area contributed by atoms with Crippen LogP contribution in [0.1, 0.15) is 28.4 Å². The summed E-state index contributed by atoms with van der Waals surface area (Å²) in [5.41, 5.74) is 3.69. The Labute approximate surface area is 134 Å². The van der Waals surface area contributed by atoms with Crippen LogP contribution in [-0.2, 0) is 0 Å². The molecular formula is C15H13Br2ClO. The number of rotatable bonds is 2. The maximum Gasteiger partial charge on any atom is 0.107 e. The molecule has 0 saturated heterocycles. The van der Waals surface area contributed by atoms with Gasteiger partial charge >= 0.3 is 0 Å². The first-order valence-electron chi connectivity index (χ1n) is 5.80. The van der Waals surface area contributed by atoms with Gasteiger partial charge < -0.3 is 5.11 Å². The number of aliphatic hydroxyl groups excluding tert-OH is 1. The zero-order chi connectivity index (χ0) is 14.2. The van der Waals surface area contributed by atoms with E-state index in [1.165, 1.54) is 0 Å². The second kappa shape index (κ2) is 5.96. The first-order chi connectivity index (χ1) is 8.90. The predicted octanol–water partition coefficient (Wildman–Crippen LogP) is 5.56. The Bertz CT molecular complexity index is 626. The second-order valence-electron chi connectivity index (χ2n) is 4.55. The van der Waals surface area contributed by atoms with E-state index in [4.69, 9.17) is 11.6 Å². The summed E-state index contributed by atoms with van der Waals surface area (Å²) < 4.78 is 1.84. The fourth-order valence-corrected chi connectivity index (χ4v) is 3.27. The van der Waals surface area contributed by atoms with Crippen molar-refractivity contribution in [2.45, 2.75) is 20.0 Å². The third kappa shape index (κ3) is 3.22. The first-order valence-corrected chi connectivity index (χ1v) is 7.76. The van der Waals surface area contributed by atoms with Gasteiger partial charge in [-0.1, -0.05) is 55.6 Å². The molecule has 100 valence electrons. The molecule has 1 N–H and O–H groups in total. The quantitative estimate of drug-likeness (QED) is 0.694. The average Bonchev–Trinajstić information content (AvgIpc) is 2.33. The van der Waals surface area contributed by atoms with Crippen LogP contribution in [0.3, 0.4) is 0 Å². The second-order valence-corrected chi connectivity index (χ2v) is 6.67. The van der Waals surface area contributed by atoms with Gasteiger partial charge in [-0.05, 0) is 43.2 Å². The minimum Gasteiger partial charge on any atom is -0.384 e. The van der Waals surface area contributed by atoms with Crippen LogP contribution in [0.25, 0.3) is 0 Å². The fraction of sp³-hybridized carbons (Fsp3) is 0.200. The molecule has 0 aliphatic heterocycles. The highest BCUT2D eigenvalue weighted by molar-refractivity contribution is 9.11. The van der Waals surface area contributed by atoms with E-state index in [0.29, 0.717) is 10.6 Å². The number of aryl methyl sites for hydroxylation is 2. The maximum absolute atomic E-state index is 10.5. The molecule has 4 heteroatoms. The molecule has 0 saturated carbocycles. The fourth-order valence-electron chi connectivity index (χ4n) is 1.89. The zero-order valence-electron chi connectivity index (χ0n) is 10.5. The lowest BCUT2D eigenvalue weighted by Gasteiger charge is -2.16. The standard InChI is InChI=1S/C15H13Br2ClO/c1-8-3-4-10(14(18)5-8)15(19)11-7-12(16)9(2)6-13(11)17/h3-7,15,19H,1-2H3. The molecule has 0 fully saturated rings. The lowest BCUT2D eigenvalue weighted by atomic mass is 9.99. The van der Waals surface area contributed by atoms with Gasteiger partial charge in [-0.15, -0.1) is 0 Å². The lowest BCUT2D eigenvalue weighted by molar-refractivity contribution is 0.219. The van der Waals surface area contributed by atoms with Crippen LogP contribution in [-0.4, -0.2) is 5.11 Å². The molecule has 2 aromatic rings. The lowest BCUT2D eigenvalue weighted by Crippen LogP contribution is -2.02. The van der Waals surface area contributed by atoms with Gasteiger partial charge in [-0.2, -0.15) is 0 Å². The number of hydrogen-bond donors (Lipinski definition) is 1. The van der Waals surface area contributed by atoms with E-state index in [1.54, 1.807) is 0 Å². The van der Waals surface area contributed by atoms with Gasteiger partial charge in [0.2, 0.25) is 0 Å². The molecule has 1 atom stereocenters. The van der Waals surface area contributed by atoms with Crippen LogP contribution < -0.4 is 0 Å². The van der Waals surface area contributed by atoms with Gasteiger partial charge in [-0.25, -0.2) is 0 Å². The molecule has 0 bridgehead atoms. The molecule has 0 spiro atoms. The number of aliphatic hydroxyl groups is 1. The summed E-state index contributed by atoms with van der Waals surface area (Å²) in [7, 11) is 0. The van der Waals surface area contributed by atoms with Gasteiger partial charge in [0, 0.05) is 25.1 Å². The molecule has 0 aliphatic carbocycles. The van der Waals surface area contributed by atoms with Crippen molar-refractivity contribution in [1.29, 1.82) is 0 Å². The summed E-state index contributed by atoms with van der Waals surface area (Å²) in [6, 6.07) is 9.56. The van der Waals surface area contributed by atoms with Crippen LogP contribution in [0.2, 0.25) is 5.02 Å². The van der Waals surface area contributed by atoms with E-state index in [1.807, 2.05) is 44.2 Å². The molecule has 19 heavy (non-hydrogen) atoms. The summed E-state index contributed by atoms with van der Waals surface area (Å²) in [6.45, 7) is 3.98. The van der Waals surface area contributed by atoms with Crippen molar-refractivity contribution in [3.63, 3.8) is 0 Å². The Morgan fingerprint density at radius 3 is 2.32 bits per heavy atom. The van der Waals surface area contributed by atoms with E-state index >= 15 is 0 Å². The summed E-state index contributed by atoms with van der Waals surface area (Å²) >= 11 is 13.2. The summed E-state index contributed by atoms with van der Waals surface area (Å²) in [6.07, 6.45) is -0.751. The van der Waals surface area contributed by atoms with E-state index in [2.05, 4.69) is 31.9 Å². The molecule has 0 aliphatic rings.